The van der Waals surface area contributed by atoms with Crippen LogP contribution in [-0.4, -0.2) is 10.0 Å². The summed E-state index contributed by atoms with van der Waals surface area (Å²) in [6.45, 7) is 3.70. The maximum atomic E-state index is 10.9. The third-order valence-corrected chi connectivity index (χ3v) is 3.25. The SMILES string of the molecule is Cc1cc([C@@H](C)O)ccc1OCc1ccccc1[N+](=O)[O-]. The minimum atomic E-state index is -0.534. The van der Waals surface area contributed by atoms with Crippen LogP contribution in [0.3, 0.4) is 0 Å². The van der Waals surface area contributed by atoms with E-state index in [2.05, 4.69) is 0 Å². The van der Waals surface area contributed by atoms with E-state index in [4.69, 9.17) is 4.74 Å². The molecule has 0 heterocycles. The number of rotatable bonds is 5. The van der Waals surface area contributed by atoms with Crippen molar-refractivity contribution in [2.24, 2.45) is 0 Å². The molecule has 0 aliphatic rings. The minimum absolute atomic E-state index is 0.0516. The van der Waals surface area contributed by atoms with E-state index in [1.165, 1.54) is 6.07 Å². The molecular formula is C16H17NO4. The first-order chi connectivity index (χ1) is 9.99. The predicted octanol–water partition coefficient (Wildman–Crippen LogP) is 3.54. The van der Waals surface area contributed by atoms with Gasteiger partial charge in [-0.05, 0) is 43.2 Å². The number of ether oxygens (including phenoxy) is 1. The Morgan fingerprint density at radius 3 is 2.62 bits per heavy atom. The Bertz CT molecular complexity index is 652. The molecule has 2 aromatic rings. The highest BCUT2D eigenvalue weighted by atomic mass is 16.6. The monoisotopic (exact) mass is 287 g/mol. The molecule has 0 amide bonds. The van der Waals surface area contributed by atoms with E-state index in [9.17, 15) is 15.2 Å². The summed E-state index contributed by atoms with van der Waals surface area (Å²) >= 11 is 0. The Balaban J connectivity index is 2.15. The van der Waals surface area contributed by atoms with Gasteiger partial charge >= 0.3 is 0 Å². The van der Waals surface area contributed by atoms with Crippen LogP contribution in [0.2, 0.25) is 0 Å². The molecule has 0 bridgehead atoms. The fourth-order valence-corrected chi connectivity index (χ4v) is 2.06. The number of hydrogen-bond donors (Lipinski definition) is 1. The number of aryl methyl sites for hydroxylation is 1. The summed E-state index contributed by atoms with van der Waals surface area (Å²) in [5.74, 6) is 0.651. The minimum Gasteiger partial charge on any atom is -0.488 e. The van der Waals surface area contributed by atoms with Crippen molar-refractivity contribution in [3.05, 3.63) is 69.3 Å². The highest BCUT2D eigenvalue weighted by molar-refractivity contribution is 5.41. The van der Waals surface area contributed by atoms with Crippen molar-refractivity contribution in [3.63, 3.8) is 0 Å². The smallest absolute Gasteiger partial charge is 0.276 e. The Morgan fingerprint density at radius 2 is 2.00 bits per heavy atom. The van der Waals surface area contributed by atoms with Gasteiger partial charge in [0.25, 0.3) is 5.69 Å². The van der Waals surface area contributed by atoms with Gasteiger partial charge in [0.1, 0.15) is 12.4 Å². The van der Waals surface area contributed by atoms with Crippen LogP contribution in [0.25, 0.3) is 0 Å². The standard InChI is InChI=1S/C16H17NO4/c1-11-9-13(12(2)18)7-8-16(11)21-10-14-5-3-4-6-15(14)17(19)20/h3-9,12,18H,10H2,1-2H3/t12-/m1/s1. The van der Waals surface area contributed by atoms with Crippen LogP contribution in [0.4, 0.5) is 5.69 Å². The molecule has 0 spiro atoms. The lowest BCUT2D eigenvalue weighted by Crippen LogP contribution is -2.02. The van der Waals surface area contributed by atoms with Gasteiger partial charge in [-0.15, -0.1) is 0 Å². The third-order valence-electron chi connectivity index (χ3n) is 3.25. The summed E-state index contributed by atoms with van der Waals surface area (Å²) in [5, 5.41) is 20.5. The van der Waals surface area contributed by atoms with Crippen molar-refractivity contribution >= 4 is 5.69 Å². The molecular weight excluding hydrogens is 270 g/mol. The number of aliphatic hydroxyl groups is 1. The molecule has 0 aliphatic carbocycles. The van der Waals surface area contributed by atoms with Gasteiger partial charge in [-0.3, -0.25) is 10.1 Å². The molecule has 1 atom stereocenters. The first-order valence-corrected chi connectivity index (χ1v) is 6.62. The lowest BCUT2D eigenvalue weighted by molar-refractivity contribution is -0.385. The molecule has 0 fully saturated rings. The summed E-state index contributed by atoms with van der Waals surface area (Å²) in [7, 11) is 0. The molecule has 0 saturated carbocycles. The zero-order valence-electron chi connectivity index (χ0n) is 11.9. The summed E-state index contributed by atoms with van der Waals surface area (Å²) in [4.78, 5) is 10.5. The molecule has 0 saturated heterocycles. The van der Waals surface area contributed by atoms with E-state index in [0.717, 1.165) is 11.1 Å². The van der Waals surface area contributed by atoms with Crippen molar-refractivity contribution < 1.29 is 14.8 Å². The van der Waals surface area contributed by atoms with Gasteiger partial charge in [-0.2, -0.15) is 0 Å². The van der Waals surface area contributed by atoms with Crippen LogP contribution < -0.4 is 4.74 Å². The molecule has 0 unspecified atom stereocenters. The van der Waals surface area contributed by atoms with Gasteiger partial charge < -0.3 is 9.84 Å². The Labute approximate surface area is 123 Å². The Hall–Kier alpha value is -2.40. The highest BCUT2D eigenvalue weighted by Gasteiger charge is 2.13. The second kappa shape index (κ2) is 6.37. The van der Waals surface area contributed by atoms with Crippen LogP contribution in [-0.2, 0) is 6.61 Å². The number of aliphatic hydroxyl groups excluding tert-OH is 1. The summed E-state index contributed by atoms with van der Waals surface area (Å²) in [6, 6.07) is 11.9. The van der Waals surface area contributed by atoms with Gasteiger partial charge in [0, 0.05) is 6.07 Å². The maximum absolute atomic E-state index is 10.9. The predicted molar refractivity (Wildman–Crippen MR) is 79.2 cm³/mol. The molecule has 110 valence electrons. The molecule has 5 nitrogen and oxygen atoms in total. The maximum Gasteiger partial charge on any atom is 0.276 e. The molecule has 5 heteroatoms. The van der Waals surface area contributed by atoms with Crippen LogP contribution in [0, 0.1) is 17.0 Å². The molecule has 0 radical (unpaired) electrons. The second-order valence-corrected chi connectivity index (χ2v) is 4.88. The van der Waals surface area contributed by atoms with Gasteiger partial charge in [-0.1, -0.05) is 18.2 Å². The first-order valence-electron chi connectivity index (χ1n) is 6.62. The average molecular weight is 287 g/mol. The van der Waals surface area contributed by atoms with Crippen LogP contribution in [0.1, 0.15) is 29.7 Å². The molecule has 2 aromatic carbocycles. The summed E-state index contributed by atoms with van der Waals surface area (Å²) in [5.41, 5.74) is 2.27. The van der Waals surface area contributed by atoms with E-state index >= 15 is 0 Å². The van der Waals surface area contributed by atoms with Gasteiger partial charge in [0.2, 0.25) is 0 Å². The van der Waals surface area contributed by atoms with Crippen molar-refractivity contribution in [1.29, 1.82) is 0 Å². The number of benzene rings is 2. The van der Waals surface area contributed by atoms with Gasteiger partial charge in [0.05, 0.1) is 16.6 Å². The van der Waals surface area contributed by atoms with Crippen molar-refractivity contribution in [2.45, 2.75) is 26.6 Å². The first kappa shape index (κ1) is 15.0. The average Bonchev–Trinajstić information content (AvgIpc) is 2.46. The fourth-order valence-electron chi connectivity index (χ4n) is 2.06. The summed E-state index contributed by atoms with van der Waals surface area (Å²) < 4.78 is 5.66. The van der Waals surface area contributed by atoms with Crippen LogP contribution in [0.15, 0.2) is 42.5 Å². The van der Waals surface area contributed by atoms with Crippen molar-refractivity contribution in [2.75, 3.05) is 0 Å². The third kappa shape index (κ3) is 3.58. The number of nitrogens with zero attached hydrogens (tertiary/aromatic N) is 1. The van der Waals surface area contributed by atoms with E-state index in [1.54, 1.807) is 37.3 Å². The number of hydrogen-bond acceptors (Lipinski definition) is 4. The lowest BCUT2D eigenvalue weighted by Gasteiger charge is -2.12. The Morgan fingerprint density at radius 1 is 1.29 bits per heavy atom. The Kier molecular flexibility index (Phi) is 4.55. The summed E-state index contributed by atoms with van der Waals surface area (Å²) in [6.07, 6.45) is -0.534. The number of nitro benzene ring substituents is 1. The fraction of sp³-hybridized carbons (Fsp3) is 0.250. The molecule has 0 aromatic heterocycles. The molecule has 1 N–H and O–H groups in total. The second-order valence-electron chi connectivity index (χ2n) is 4.88. The van der Waals surface area contributed by atoms with Crippen molar-refractivity contribution in [1.82, 2.24) is 0 Å². The molecule has 21 heavy (non-hydrogen) atoms. The van der Waals surface area contributed by atoms with E-state index in [1.807, 2.05) is 13.0 Å². The van der Waals surface area contributed by atoms with E-state index < -0.39 is 11.0 Å². The molecule has 2 rings (SSSR count). The number of nitro groups is 1. The van der Waals surface area contributed by atoms with Crippen LogP contribution >= 0.6 is 0 Å². The zero-order valence-corrected chi connectivity index (χ0v) is 11.9. The normalized spacial score (nSPS) is 12.0. The largest absolute Gasteiger partial charge is 0.488 e. The quantitative estimate of drug-likeness (QED) is 0.674. The van der Waals surface area contributed by atoms with E-state index in [0.29, 0.717) is 11.3 Å². The molecule has 0 aliphatic heterocycles. The van der Waals surface area contributed by atoms with Crippen molar-refractivity contribution in [3.8, 4) is 5.75 Å². The van der Waals surface area contributed by atoms with Crippen LogP contribution in [0.5, 0.6) is 5.75 Å². The number of para-hydroxylation sites is 1. The lowest BCUT2D eigenvalue weighted by atomic mass is 10.1. The van der Waals surface area contributed by atoms with Gasteiger partial charge in [0.15, 0.2) is 0 Å². The zero-order chi connectivity index (χ0) is 15.4. The topological polar surface area (TPSA) is 72.6 Å². The van der Waals surface area contributed by atoms with E-state index in [-0.39, 0.29) is 12.3 Å². The highest BCUT2D eigenvalue weighted by Crippen LogP contribution is 2.25. The van der Waals surface area contributed by atoms with Gasteiger partial charge in [-0.25, -0.2) is 0 Å².